The fraction of sp³-hybridized carbons (Fsp3) is 0.333. The van der Waals surface area contributed by atoms with Gasteiger partial charge in [-0.3, -0.25) is 4.98 Å². The van der Waals surface area contributed by atoms with Crippen molar-refractivity contribution in [1.29, 1.82) is 0 Å². The zero-order valence-corrected chi connectivity index (χ0v) is 14.7. The number of rotatable bonds is 5. The summed E-state index contributed by atoms with van der Waals surface area (Å²) in [5.74, 6) is -1.44. The van der Waals surface area contributed by atoms with Crippen molar-refractivity contribution < 1.29 is 8.78 Å². The molecule has 8 heteroatoms. The average molecular weight is 360 g/mol. The van der Waals surface area contributed by atoms with Crippen molar-refractivity contribution in [2.45, 2.75) is 19.8 Å². The lowest BCUT2D eigenvalue weighted by Gasteiger charge is -2.40. The third-order valence-electron chi connectivity index (χ3n) is 4.19. The molecule has 0 radical (unpaired) electrons. The van der Waals surface area contributed by atoms with E-state index in [2.05, 4.69) is 15.3 Å². The van der Waals surface area contributed by atoms with Crippen LogP contribution in [-0.2, 0) is 0 Å². The van der Waals surface area contributed by atoms with E-state index in [0.717, 1.165) is 5.57 Å². The van der Waals surface area contributed by atoms with Crippen LogP contribution in [0.4, 0.5) is 20.3 Å². The monoisotopic (exact) mass is 360 g/mol. The molecule has 0 saturated carbocycles. The molecule has 0 spiro atoms. The normalized spacial score (nSPS) is 17.5. The third kappa shape index (κ3) is 3.84. The zero-order chi connectivity index (χ0) is 18.9. The summed E-state index contributed by atoms with van der Waals surface area (Å²) in [4.78, 5) is 10.3. The number of nitrogens with zero attached hydrogens (tertiary/aromatic N) is 3. The molecule has 3 rings (SSSR count). The fourth-order valence-electron chi connectivity index (χ4n) is 2.70. The van der Waals surface area contributed by atoms with Gasteiger partial charge in [0.2, 0.25) is 0 Å². The van der Waals surface area contributed by atoms with E-state index in [1.54, 1.807) is 35.4 Å². The predicted octanol–water partition coefficient (Wildman–Crippen LogP) is 2.80. The summed E-state index contributed by atoms with van der Waals surface area (Å²) in [6.07, 6.45) is 4.86. The molecule has 1 aliphatic heterocycles. The van der Waals surface area contributed by atoms with Crippen LogP contribution < -0.4 is 21.7 Å². The molecule has 138 valence electrons. The molecule has 3 heterocycles. The number of allylic oxidation sites excluding steroid dienone is 2. The Bertz CT molecular complexity index is 867. The van der Waals surface area contributed by atoms with Crippen molar-refractivity contribution >= 4 is 22.5 Å². The van der Waals surface area contributed by atoms with Crippen LogP contribution in [0, 0.1) is 5.92 Å². The van der Waals surface area contributed by atoms with Gasteiger partial charge in [-0.1, -0.05) is 13.8 Å². The summed E-state index contributed by atoms with van der Waals surface area (Å²) in [6, 6.07) is 5.31. The summed E-state index contributed by atoms with van der Waals surface area (Å²) >= 11 is 0. The Hall–Kier alpha value is -2.90. The number of hydrogen-bond acceptors (Lipinski definition) is 6. The van der Waals surface area contributed by atoms with E-state index in [1.807, 2.05) is 13.8 Å². The zero-order valence-electron chi connectivity index (χ0n) is 14.7. The van der Waals surface area contributed by atoms with Gasteiger partial charge in [-0.2, -0.15) is 0 Å². The fourth-order valence-corrected chi connectivity index (χ4v) is 2.70. The lowest BCUT2D eigenvalue weighted by molar-refractivity contribution is -0.0262. The summed E-state index contributed by atoms with van der Waals surface area (Å²) < 4.78 is 26.1. The third-order valence-corrected chi connectivity index (χ3v) is 4.19. The standard InChI is InChI=1S/C18H22F2N6/c1-11(2)12(7-21)5-16(22)25-17-4-3-14-15(24-17)6-13(8-23-14)26-9-18(19,20)10-26/h3-8,11H,9-10,21-22H2,1-2H3,(H,24,25)/b12-7+,16-5+. The summed E-state index contributed by atoms with van der Waals surface area (Å²) in [7, 11) is 0. The van der Waals surface area contributed by atoms with Gasteiger partial charge in [0.05, 0.1) is 36.0 Å². The molecular formula is C18H22F2N6. The van der Waals surface area contributed by atoms with Gasteiger partial charge in [0.15, 0.2) is 0 Å². The van der Waals surface area contributed by atoms with Gasteiger partial charge in [-0.15, -0.1) is 0 Å². The van der Waals surface area contributed by atoms with E-state index in [4.69, 9.17) is 11.5 Å². The number of halogens is 2. The van der Waals surface area contributed by atoms with Crippen LogP contribution in [0.25, 0.3) is 11.0 Å². The number of nitrogens with two attached hydrogens (primary N) is 2. The minimum atomic E-state index is -2.63. The van der Waals surface area contributed by atoms with Gasteiger partial charge in [0, 0.05) is 0 Å². The van der Waals surface area contributed by atoms with Crippen molar-refractivity contribution in [1.82, 2.24) is 9.97 Å². The van der Waals surface area contributed by atoms with E-state index in [9.17, 15) is 8.78 Å². The molecule has 2 aromatic rings. The second kappa shape index (κ2) is 6.78. The number of hydrogen-bond donors (Lipinski definition) is 3. The van der Waals surface area contributed by atoms with E-state index in [0.29, 0.717) is 28.4 Å². The van der Waals surface area contributed by atoms with Crippen LogP contribution in [0.5, 0.6) is 0 Å². The van der Waals surface area contributed by atoms with Crippen molar-refractivity contribution in [2.75, 3.05) is 23.3 Å². The summed E-state index contributed by atoms with van der Waals surface area (Å²) in [5, 5.41) is 3.01. The highest BCUT2D eigenvalue weighted by atomic mass is 19.3. The number of nitrogens with one attached hydrogen (secondary N) is 1. The average Bonchev–Trinajstić information content (AvgIpc) is 2.56. The Labute approximate surface area is 150 Å². The number of aromatic nitrogens is 2. The maximum atomic E-state index is 13.1. The molecule has 0 aliphatic carbocycles. The predicted molar refractivity (Wildman–Crippen MR) is 99.7 cm³/mol. The SMILES string of the molecule is CC(C)C(=C/N)/C=C(\N)Nc1ccc2ncc(N3CC(F)(F)C3)cc2n1. The van der Waals surface area contributed by atoms with Gasteiger partial charge in [0.25, 0.3) is 5.92 Å². The second-order valence-electron chi connectivity index (χ2n) is 6.69. The Morgan fingerprint density at radius 2 is 2.04 bits per heavy atom. The number of anilines is 2. The summed E-state index contributed by atoms with van der Waals surface area (Å²) in [6.45, 7) is 3.45. The molecule has 6 nitrogen and oxygen atoms in total. The molecule has 0 unspecified atom stereocenters. The first-order valence-electron chi connectivity index (χ1n) is 8.33. The quantitative estimate of drug-likeness (QED) is 0.710. The van der Waals surface area contributed by atoms with Gasteiger partial charge in [-0.25, -0.2) is 13.8 Å². The van der Waals surface area contributed by atoms with Crippen LogP contribution in [0.2, 0.25) is 0 Å². The smallest absolute Gasteiger partial charge is 0.282 e. The molecule has 0 atom stereocenters. The highest BCUT2D eigenvalue weighted by molar-refractivity contribution is 5.80. The molecule has 1 saturated heterocycles. The van der Waals surface area contributed by atoms with Crippen LogP contribution in [0.1, 0.15) is 13.8 Å². The summed E-state index contributed by atoms with van der Waals surface area (Å²) in [5.41, 5.74) is 14.4. The molecular weight excluding hydrogens is 338 g/mol. The molecule has 1 aliphatic rings. The van der Waals surface area contributed by atoms with Gasteiger partial charge in [-0.05, 0) is 42.0 Å². The van der Waals surface area contributed by atoms with Crippen molar-refractivity contribution in [2.24, 2.45) is 17.4 Å². The van der Waals surface area contributed by atoms with Crippen LogP contribution in [-0.4, -0.2) is 29.0 Å². The first kappa shape index (κ1) is 17.9. The van der Waals surface area contributed by atoms with Gasteiger partial charge >= 0.3 is 0 Å². The molecule has 0 bridgehead atoms. The van der Waals surface area contributed by atoms with Gasteiger partial charge in [0.1, 0.15) is 11.6 Å². The number of pyridine rings is 2. The van der Waals surface area contributed by atoms with E-state index in [1.165, 1.54) is 6.20 Å². The first-order valence-corrected chi connectivity index (χ1v) is 8.33. The highest BCUT2D eigenvalue weighted by Crippen LogP contribution is 2.32. The topological polar surface area (TPSA) is 93.1 Å². The molecule has 26 heavy (non-hydrogen) atoms. The maximum Gasteiger partial charge on any atom is 0.282 e. The molecule has 0 amide bonds. The van der Waals surface area contributed by atoms with E-state index < -0.39 is 5.92 Å². The van der Waals surface area contributed by atoms with Crippen molar-refractivity contribution in [3.63, 3.8) is 0 Å². The maximum absolute atomic E-state index is 13.1. The first-order chi connectivity index (χ1) is 12.3. The van der Waals surface area contributed by atoms with Gasteiger partial charge < -0.3 is 21.7 Å². The molecule has 2 aromatic heterocycles. The van der Waals surface area contributed by atoms with Crippen LogP contribution in [0.3, 0.4) is 0 Å². The van der Waals surface area contributed by atoms with Crippen LogP contribution in [0.15, 0.2) is 48.1 Å². The lowest BCUT2D eigenvalue weighted by atomic mass is 10.0. The number of alkyl halides is 2. The van der Waals surface area contributed by atoms with Crippen molar-refractivity contribution in [3.8, 4) is 0 Å². The van der Waals surface area contributed by atoms with E-state index >= 15 is 0 Å². The Morgan fingerprint density at radius 3 is 2.65 bits per heavy atom. The highest BCUT2D eigenvalue weighted by Gasteiger charge is 2.44. The Kier molecular flexibility index (Phi) is 4.67. The molecule has 0 aromatic carbocycles. The minimum absolute atomic E-state index is 0.242. The Morgan fingerprint density at radius 1 is 1.31 bits per heavy atom. The number of fused-ring (bicyclic) bond motifs is 1. The Balaban J connectivity index is 1.81. The van der Waals surface area contributed by atoms with Crippen molar-refractivity contribution in [3.05, 3.63) is 48.1 Å². The second-order valence-corrected chi connectivity index (χ2v) is 6.69. The lowest BCUT2D eigenvalue weighted by Crippen LogP contribution is -2.56. The largest absolute Gasteiger partial charge is 0.404 e. The van der Waals surface area contributed by atoms with Crippen LogP contribution >= 0.6 is 0 Å². The molecule has 1 fully saturated rings. The van der Waals surface area contributed by atoms with E-state index in [-0.39, 0.29) is 19.0 Å². The minimum Gasteiger partial charge on any atom is -0.404 e. The molecule has 5 N–H and O–H groups in total.